The third-order valence-corrected chi connectivity index (χ3v) is 4.66. The quantitative estimate of drug-likeness (QED) is 0.799. The molecule has 0 bridgehead atoms. The van der Waals surface area contributed by atoms with E-state index in [2.05, 4.69) is 32.0 Å². The molecule has 1 saturated heterocycles. The van der Waals surface area contributed by atoms with E-state index in [1.165, 1.54) is 0 Å². The summed E-state index contributed by atoms with van der Waals surface area (Å²) in [5, 5.41) is 8.44. The number of aryl methyl sites for hydroxylation is 2. The lowest BCUT2D eigenvalue weighted by Gasteiger charge is -2.30. The molecule has 1 aliphatic heterocycles. The van der Waals surface area contributed by atoms with Crippen molar-refractivity contribution < 1.29 is 4.42 Å². The molecule has 0 amide bonds. The summed E-state index contributed by atoms with van der Waals surface area (Å²) in [6.07, 6.45) is 2.22. The van der Waals surface area contributed by atoms with Crippen molar-refractivity contribution in [3.8, 4) is 11.5 Å². The van der Waals surface area contributed by atoms with Crippen molar-refractivity contribution in [2.45, 2.75) is 32.6 Å². The second-order valence-electron chi connectivity index (χ2n) is 6.37. The molecule has 2 aromatic heterocycles. The molecule has 1 fully saturated rings. The van der Waals surface area contributed by atoms with Crippen molar-refractivity contribution in [3.63, 3.8) is 0 Å². The third kappa shape index (κ3) is 2.79. The van der Waals surface area contributed by atoms with Crippen LogP contribution in [0.5, 0.6) is 0 Å². The van der Waals surface area contributed by atoms with Gasteiger partial charge in [0.1, 0.15) is 5.82 Å². The maximum atomic E-state index is 5.90. The summed E-state index contributed by atoms with van der Waals surface area (Å²) in [5.74, 6) is 2.01. The molecule has 6 heteroatoms. The van der Waals surface area contributed by atoms with Crippen molar-refractivity contribution in [2.24, 2.45) is 0 Å². The number of benzene rings is 1. The minimum absolute atomic E-state index is 0.373. The fourth-order valence-electron chi connectivity index (χ4n) is 3.18. The van der Waals surface area contributed by atoms with Gasteiger partial charge >= 0.3 is 6.01 Å². The lowest BCUT2D eigenvalue weighted by molar-refractivity contribution is 0.453. The molecule has 124 valence electrons. The first-order valence-corrected chi connectivity index (χ1v) is 8.37. The summed E-state index contributed by atoms with van der Waals surface area (Å²) < 4.78 is 5.90. The molecule has 4 rings (SSSR count). The van der Waals surface area contributed by atoms with Crippen LogP contribution in [0.4, 0.5) is 6.01 Å². The third-order valence-electron chi connectivity index (χ3n) is 4.66. The highest BCUT2D eigenvalue weighted by Crippen LogP contribution is 2.30. The van der Waals surface area contributed by atoms with Gasteiger partial charge in [-0.05, 0) is 38.8 Å². The molecule has 1 aliphatic rings. The Morgan fingerprint density at radius 2 is 2.00 bits per heavy atom. The Morgan fingerprint density at radius 3 is 2.75 bits per heavy atom. The first-order valence-electron chi connectivity index (χ1n) is 8.37. The molecule has 1 atom stereocenters. The van der Waals surface area contributed by atoms with Gasteiger partial charge in [-0.25, -0.2) is 4.98 Å². The zero-order chi connectivity index (χ0) is 16.5. The summed E-state index contributed by atoms with van der Waals surface area (Å²) in [7, 11) is 0. The fourth-order valence-corrected chi connectivity index (χ4v) is 3.18. The van der Waals surface area contributed by atoms with Crippen LogP contribution < -0.4 is 4.90 Å². The van der Waals surface area contributed by atoms with Crippen LogP contribution in [-0.4, -0.2) is 33.3 Å². The van der Waals surface area contributed by atoms with Gasteiger partial charge in [-0.2, -0.15) is 0 Å². The van der Waals surface area contributed by atoms with E-state index in [-0.39, 0.29) is 0 Å². The van der Waals surface area contributed by atoms with Crippen LogP contribution in [0.2, 0.25) is 0 Å². The minimum atomic E-state index is 0.373. The van der Waals surface area contributed by atoms with Gasteiger partial charge < -0.3 is 14.3 Å². The smallest absolute Gasteiger partial charge is 0.318 e. The Labute approximate surface area is 140 Å². The van der Waals surface area contributed by atoms with Crippen molar-refractivity contribution in [1.82, 2.24) is 20.2 Å². The van der Waals surface area contributed by atoms with E-state index in [0.717, 1.165) is 48.7 Å². The Bertz CT molecular complexity index is 804. The average molecular weight is 323 g/mol. The number of rotatable bonds is 3. The summed E-state index contributed by atoms with van der Waals surface area (Å²) in [4.78, 5) is 10.2. The average Bonchev–Trinajstić information content (AvgIpc) is 3.24. The number of aromatic nitrogens is 4. The fraction of sp³-hybridized carbons (Fsp3) is 0.389. The number of piperidine rings is 1. The molecule has 0 spiro atoms. The highest BCUT2D eigenvalue weighted by Gasteiger charge is 2.27. The normalized spacial score (nSPS) is 18.1. The molecular weight excluding hydrogens is 302 g/mol. The Kier molecular flexibility index (Phi) is 3.80. The van der Waals surface area contributed by atoms with E-state index in [9.17, 15) is 0 Å². The lowest BCUT2D eigenvalue weighted by atomic mass is 9.98. The molecule has 0 aliphatic carbocycles. The number of hydrogen-bond donors (Lipinski definition) is 1. The number of imidazole rings is 1. The van der Waals surface area contributed by atoms with Gasteiger partial charge in [0.15, 0.2) is 0 Å². The van der Waals surface area contributed by atoms with Crippen LogP contribution in [0.25, 0.3) is 11.5 Å². The van der Waals surface area contributed by atoms with Gasteiger partial charge in [-0.1, -0.05) is 23.3 Å². The van der Waals surface area contributed by atoms with Crippen LogP contribution in [0, 0.1) is 13.8 Å². The van der Waals surface area contributed by atoms with Crippen LogP contribution in [0.1, 0.15) is 36.0 Å². The molecular formula is C18H21N5O. The van der Waals surface area contributed by atoms with Gasteiger partial charge in [0, 0.05) is 30.3 Å². The second kappa shape index (κ2) is 6.11. The van der Waals surface area contributed by atoms with Crippen LogP contribution in [0.3, 0.4) is 0 Å². The van der Waals surface area contributed by atoms with Crippen LogP contribution in [0.15, 0.2) is 34.7 Å². The van der Waals surface area contributed by atoms with E-state index in [4.69, 9.17) is 4.42 Å². The van der Waals surface area contributed by atoms with Crippen molar-refractivity contribution in [1.29, 1.82) is 0 Å². The number of H-pyrrole nitrogens is 1. The van der Waals surface area contributed by atoms with E-state index < -0.39 is 0 Å². The molecule has 1 N–H and O–H groups in total. The highest BCUT2D eigenvalue weighted by molar-refractivity contribution is 5.53. The predicted molar refractivity (Wildman–Crippen MR) is 92.0 cm³/mol. The number of anilines is 1. The highest BCUT2D eigenvalue weighted by atomic mass is 16.4. The van der Waals surface area contributed by atoms with Gasteiger partial charge in [-0.15, -0.1) is 5.10 Å². The molecule has 1 aromatic carbocycles. The number of aromatic amines is 1. The van der Waals surface area contributed by atoms with Crippen LogP contribution in [-0.2, 0) is 0 Å². The SMILES string of the molecule is Cc1nc(C2CCCN(c3nnc(-c4ccccc4)o3)C2)[nH]c1C. The topological polar surface area (TPSA) is 70.8 Å². The first kappa shape index (κ1) is 14.9. The number of nitrogens with zero attached hydrogens (tertiary/aromatic N) is 4. The second-order valence-corrected chi connectivity index (χ2v) is 6.37. The van der Waals surface area contributed by atoms with Crippen LogP contribution >= 0.6 is 0 Å². The van der Waals surface area contributed by atoms with Crippen molar-refractivity contribution in [3.05, 3.63) is 47.5 Å². The van der Waals surface area contributed by atoms with Gasteiger partial charge in [0.25, 0.3) is 0 Å². The lowest BCUT2D eigenvalue weighted by Crippen LogP contribution is -2.35. The summed E-state index contributed by atoms with van der Waals surface area (Å²) in [6.45, 7) is 5.89. The van der Waals surface area contributed by atoms with Gasteiger partial charge in [0.2, 0.25) is 5.89 Å². The number of nitrogens with one attached hydrogen (secondary N) is 1. The largest absolute Gasteiger partial charge is 0.403 e. The Morgan fingerprint density at radius 1 is 1.17 bits per heavy atom. The standard InChI is InChI=1S/C18H21N5O/c1-12-13(2)20-16(19-12)15-9-6-10-23(11-15)18-22-21-17(24-18)14-7-4-3-5-8-14/h3-5,7-8,15H,6,9-11H2,1-2H3,(H,19,20). The zero-order valence-electron chi connectivity index (χ0n) is 14.0. The first-order chi connectivity index (χ1) is 11.7. The minimum Gasteiger partial charge on any atom is -0.403 e. The van der Waals surface area contributed by atoms with Crippen molar-refractivity contribution >= 4 is 6.01 Å². The molecule has 1 unspecified atom stereocenters. The van der Waals surface area contributed by atoms with E-state index in [0.29, 0.717) is 17.8 Å². The molecule has 3 aromatic rings. The molecule has 0 saturated carbocycles. The van der Waals surface area contributed by atoms with Gasteiger partial charge in [0.05, 0.1) is 5.69 Å². The monoisotopic (exact) mass is 323 g/mol. The van der Waals surface area contributed by atoms with E-state index >= 15 is 0 Å². The molecule has 0 radical (unpaired) electrons. The summed E-state index contributed by atoms with van der Waals surface area (Å²) >= 11 is 0. The maximum absolute atomic E-state index is 5.90. The summed E-state index contributed by atoms with van der Waals surface area (Å²) in [5.41, 5.74) is 3.17. The van der Waals surface area contributed by atoms with Crippen molar-refractivity contribution in [2.75, 3.05) is 18.0 Å². The van der Waals surface area contributed by atoms with E-state index in [1.807, 2.05) is 37.3 Å². The van der Waals surface area contributed by atoms with E-state index in [1.54, 1.807) is 0 Å². The predicted octanol–water partition coefficient (Wildman–Crippen LogP) is 3.46. The molecule has 3 heterocycles. The maximum Gasteiger partial charge on any atom is 0.318 e. The Balaban J connectivity index is 1.53. The zero-order valence-corrected chi connectivity index (χ0v) is 14.0. The van der Waals surface area contributed by atoms with Gasteiger partial charge in [-0.3, -0.25) is 0 Å². The number of hydrogen-bond acceptors (Lipinski definition) is 5. The molecule has 6 nitrogen and oxygen atoms in total. The molecule has 24 heavy (non-hydrogen) atoms. The Hall–Kier alpha value is -2.63. The summed E-state index contributed by atoms with van der Waals surface area (Å²) in [6, 6.07) is 10.5.